The molecule has 0 aliphatic heterocycles. The van der Waals surface area contributed by atoms with Gasteiger partial charge in [-0.05, 0) is 44.5 Å². The van der Waals surface area contributed by atoms with E-state index < -0.39 is 0 Å². The number of hydrogen-bond donors (Lipinski definition) is 1. The van der Waals surface area contributed by atoms with Crippen LogP contribution in [-0.2, 0) is 6.61 Å². The minimum absolute atomic E-state index is 0.179. The molecule has 134 valence electrons. The lowest BCUT2D eigenvalue weighted by atomic mass is 10.2. The van der Waals surface area contributed by atoms with E-state index in [0.29, 0.717) is 24.0 Å². The van der Waals surface area contributed by atoms with Crippen LogP contribution < -0.4 is 10.1 Å². The third-order valence-electron chi connectivity index (χ3n) is 4.00. The second-order valence-electron chi connectivity index (χ2n) is 6.13. The highest BCUT2D eigenvalue weighted by Gasteiger charge is 2.18. The lowest BCUT2D eigenvalue weighted by molar-refractivity contribution is 0.271. The Kier molecular flexibility index (Phi) is 5.28. The average molecular weight is 351 g/mol. The van der Waals surface area contributed by atoms with E-state index in [-0.39, 0.29) is 17.6 Å². The van der Waals surface area contributed by atoms with Crippen LogP contribution >= 0.6 is 0 Å². The maximum atomic E-state index is 9.24. The number of rotatable bonds is 7. The molecule has 3 rings (SSSR count). The van der Waals surface area contributed by atoms with Gasteiger partial charge in [0.15, 0.2) is 5.76 Å². The average Bonchev–Trinajstić information content (AvgIpc) is 3.27. The van der Waals surface area contributed by atoms with Crippen LogP contribution in [0.5, 0.6) is 5.75 Å². The highest BCUT2D eigenvalue weighted by Crippen LogP contribution is 2.28. The number of nitrogens with one attached hydrogen (secondary N) is 1. The van der Waals surface area contributed by atoms with Crippen LogP contribution in [0, 0.1) is 18.3 Å². The summed E-state index contributed by atoms with van der Waals surface area (Å²) in [4.78, 5) is 4.20. The van der Waals surface area contributed by atoms with Crippen molar-refractivity contribution in [1.82, 2.24) is 4.98 Å². The Labute approximate surface area is 152 Å². The molecule has 1 atom stereocenters. The minimum atomic E-state index is 0.179. The number of oxazole rings is 1. The summed E-state index contributed by atoms with van der Waals surface area (Å²) in [6, 6.07) is 13.6. The van der Waals surface area contributed by atoms with Crippen molar-refractivity contribution >= 4 is 5.88 Å². The molecule has 6 nitrogen and oxygen atoms in total. The predicted molar refractivity (Wildman–Crippen MR) is 97.8 cm³/mol. The maximum Gasteiger partial charge on any atom is 0.266 e. The summed E-state index contributed by atoms with van der Waals surface area (Å²) < 4.78 is 17.1. The molecule has 2 heterocycles. The van der Waals surface area contributed by atoms with E-state index >= 15 is 0 Å². The number of aryl methyl sites for hydroxylation is 1. The van der Waals surface area contributed by atoms with Gasteiger partial charge in [-0.2, -0.15) is 10.2 Å². The number of nitriles is 1. The highest BCUT2D eigenvalue weighted by molar-refractivity contribution is 5.54. The zero-order chi connectivity index (χ0) is 18.5. The molecule has 0 saturated heterocycles. The van der Waals surface area contributed by atoms with Crippen LogP contribution in [0.25, 0.3) is 11.7 Å². The molecule has 0 amide bonds. The van der Waals surface area contributed by atoms with Crippen molar-refractivity contribution in [3.05, 3.63) is 53.4 Å². The van der Waals surface area contributed by atoms with E-state index in [4.69, 9.17) is 13.6 Å². The van der Waals surface area contributed by atoms with Crippen LogP contribution in [-0.4, -0.2) is 11.0 Å². The molecule has 2 aromatic heterocycles. The fourth-order valence-electron chi connectivity index (χ4n) is 2.28. The molecule has 0 saturated carbocycles. The molecule has 0 bridgehead atoms. The van der Waals surface area contributed by atoms with E-state index in [1.807, 2.05) is 57.2 Å². The first kappa shape index (κ1) is 17.6. The van der Waals surface area contributed by atoms with Crippen molar-refractivity contribution < 1.29 is 13.6 Å². The van der Waals surface area contributed by atoms with E-state index in [1.54, 1.807) is 6.07 Å². The van der Waals surface area contributed by atoms with Crippen molar-refractivity contribution in [2.45, 2.75) is 39.8 Å². The Morgan fingerprint density at radius 3 is 2.65 bits per heavy atom. The minimum Gasteiger partial charge on any atom is -0.486 e. The number of benzene rings is 1. The zero-order valence-electron chi connectivity index (χ0n) is 15.1. The molecule has 1 N–H and O–H groups in total. The van der Waals surface area contributed by atoms with Crippen LogP contribution in [0.15, 0.2) is 45.2 Å². The molecule has 0 aliphatic carbocycles. The van der Waals surface area contributed by atoms with Gasteiger partial charge in [0, 0.05) is 6.04 Å². The number of hydrogen-bond acceptors (Lipinski definition) is 6. The zero-order valence-corrected chi connectivity index (χ0v) is 15.1. The summed E-state index contributed by atoms with van der Waals surface area (Å²) >= 11 is 0. The third kappa shape index (κ3) is 4.06. The Morgan fingerprint density at radius 2 is 1.96 bits per heavy atom. The molecule has 0 fully saturated rings. The van der Waals surface area contributed by atoms with Crippen molar-refractivity contribution in [3.63, 3.8) is 0 Å². The molecular weight excluding hydrogens is 330 g/mol. The Hall–Kier alpha value is -3.20. The van der Waals surface area contributed by atoms with Gasteiger partial charge in [0.05, 0.1) is 0 Å². The fraction of sp³-hybridized carbons (Fsp3) is 0.300. The van der Waals surface area contributed by atoms with E-state index in [0.717, 1.165) is 12.2 Å². The van der Waals surface area contributed by atoms with Gasteiger partial charge in [0.25, 0.3) is 5.89 Å². The Morgan fingerprint density at radius 1 is 1.19 bits per heavy atom. The summed E-state index contributed by atoms with van der Waals surface area (Å²) in [5.74, 6) is 2.52. The maximum absolute atomic E-state index is 9.24. The van der Waals surface area contributed by atoms with Gasteiger partial charge in [-0.25, -0.2) is 0 Å². The third-order valence-corrected chi connectivity index (χ3v) is 4.00. The second kappa shape index (κ2) is 7.79. The Bertz CT molecular complexity index is 903. The normalized spacial score (nSPS) is 11.8. The van der Waals surface area contributed by atoms with Gasteiger partial charge in [-0.1, -0.05) is 24.6 Å². The number of nitrogens with zero attached hydrogens (tertiary/aromatic N) is 2. The van der Waals surface area contributed by atoms with Gasteiger partial charge >= 0.3 is 0 Å². The molecule has 6 heteroatoms. The molecule has 0 aliphatic rings. The summed E-state index contributed by atoms with van der Waals surface area (Å²) in [6.45, 7) is 6.39. The van der Waals surface area contributed by atoms with Crippen molar-refractivity contribution in [2.24, 2.45) is 0 Å². The Balaban J connectivity index is 1.71. The summed E-state index contributed by atoms with van der Waals surface area (Å²) in [5.41, 5.74) is 1.39. The summed E-state index contributed by atoms with van der Waals surface area (Å²) in [6.07, 6.45) is 0.905. The SMILES string of the molecule is CC[C@H](C)Nc1oc(-c2ccc(COc3ccc(C)cc3)o2)nc1C#N. The first-order valence-electron chi connectivity index (χ1n) is 8.55. The van der Waals surface area contributed by atoms with Crippen molar-refractivity contribution in [1.29, 1.82) is 5.26 Å². The second-order valence-corrected chi connectivity index (χ2v) is 6.13. The molecule has 26 heavy (non-hydrogen) atoms. The number of ether oxygens (including phenoxy) is 1. The van der Waals surface area contributed by atoms with Gasteiger partial charge < -0.3 is 18.9 Å². The molecule has 1 aromatic carbocycles. The quantitative estimate of drug-likeness (QED) is 0.651. The molecule has 0 unspecified atom stereocenters. The lowest BCUT2D eigenvalue weighted by Gasteiger charge is -2.08. The lowest BCUT2D eigenvalue weighted by Crippen LogP contribution is -2.13. The molecular formula is C20H21N3O3. The first-order chi connectivity index (χ1) is 12.6. The van der Waals surface area contributed by atoms with Crippen LogP contribution in [0.3, 0.4) is 0 Å². The van der Waals surface area contributed by atoms with E-state index in [2.05, 4.69) is 10.3 Å². The largest absolute Gasteiger partial charge is 0.486 e. The van der Waals surface area contributed by atoms with Crippen molar-refractivity contribution in [2.75, 3.05) is 5.32 Å². The van der Waals surface area contributed by atoms with Crippen LogP contribution in [0.4, 0.5) is 5.88 Å². The topological polar surface area (TPSA) is 84.2 Å². The number of aromatic nitrogens is 1. The van der Waals surface area contributed by atoms with Crippen LogP contribution in [0.1, 0.15) is 37.3 Å². The number of furan rings is 1. The predicted octanol–water partition coefficient (Wildman–Crippen LogP) is 4.90. The molecule has 0 radical (unpaired) electrons. The van der Waals surface area contributed by atoms with Crippen LogP contribution in [0.2, 0.25) is 0 Å². The molecule has 0 spiro atoms. The monoisotopic (exact) mass is 351 g/mol. The van der Waals surface area contributed by atoms with Crippen molar-refractivity contribution in [3.8, 4) is 23.5 Å². The van der Waals surface area contributed by atoms with Gasteiger partial charge in [0.1, 0.15) is 24.2 Å². The van der Waals surface area contributed by atoms with E-state index in [9.17, 15) is 5.26 Å². The molecule has 3 aromatic rings. The first-order valence-corrected chi connectivity index (χ1v) is 8.55. The van der Waals surface area contributed by atoms with Gasteiger partial charge in [-0.15, -0.1) is 0 Å². The highest BCUT2D eigenvalue weighted by atomic mass is 16.5. The number of anilines is 1. The smallest absolute Gasteiger partial charge is 0.266 e. The summed E-state index contributed by atoms with van der Waals surface area (Å²) in [5, 5.41) is 12.4. The van der Waals surface area contributed by atoms with Gasteiger partial charge in [-0.3, -0.25) is 0 Å². The summed E-state index contributed by atoms with van der Waals surface area (Å²) in [7, 11) is 0. The van der Waals surface area contributed by atoms with E-state index in [1.165, 1.54) is 5.56 Å². The van der Waals surface area contributed by atoms with Gasteiger partial charge in [0.2, 0.25) is 11.6 Å². The fourth-order valence-corrected chi connectivity index (χ4v) is 2.28. The standard InChI is InChI=1S/C20H21N3O3/c1-4-14(3)22-19-17(11-21)23-20(26-19)18-10-9-16(25-18)12-24-15-7-5-13(2)6-8-15/h5-10,14,22H,4,12H2,1-3H3/t14-/m0/s1.